The first-order valence-electron chi connectivity index (χ1n) is 36.5. The first kappa shape index (κ1) is 87.1. The van der Waals surface area contributed by atoms with Gasteiger partial charge in [-0.2, -0.15) is 0 Å². The van der Waals surface area contributed by atoms with Crippen LogP contribution in [0.15, 0.2) is 0 Å². The maximum absolute atomic E-state index is 13.0. The average molecular weight is 1310 g/mol. The summed E-state index contributed by atoms with van der Waals surface area (Å²) in [5.74, 6) is -0.511. The molecule has 19 heteroatoms. The Morgan fingerprint density at radius 3 is 0.854 bits per heavy atom. The fourth-order valence-electron chi connectivity index (χ4n) is 10.6. The Hall–Kier alpha value is -1.94. The first-order valence-corrected chi connectivity index (χ1v) is 39.5. The SMILES string of the molecule is CCCCCCCCCCCCC(=O)O[C@H](COC(=O)CCCCCCCCC)COP(=O)(O)OC[C@H](O)COP(=O)(O)OC[C@@H](COC(=O)CCCCCCCCCCCCCC(C)C)OC(=O)CCCCCCCCCCCCCCCCC(C)CC. The van der Waals surface area contributed by atoms with E-state index in [9.17, 15) is 43.2 Å². The van der Waals surface area contributed by atoms with E-state index in [2.05, 4.69) is 41.5 Å². The lowest BCUT2D eigenvalue weighted by Crippen LogP contribution is -2.30. The second-order valence-corrected chi connectivity index (χ2v) is 28.9. The van der Waals surface area contributed by atoms with Gasteiger partial charge in [-0.15, -0.1) is 0 Å². The van der Waals surface area contributed by atoms with Crippen LogP contribution >= 0.6 is 15.6 Å². The Balaban J connectivity index is 5.19. The van der Waals surface area contributed by atoms with Gasteiger partial charge in [0.25, 0.3) is 0 Å². The van der Waals surface area contributed by atoms with E-state index in [1.807, 2.05) is 0 Å². The molecular weight excluding hydrogens is 1170 g/mol. The summed E-state index contributed by atoms with van der Waals surface area (Å²) in [6, 6.07) is 0. The largest absolute Gasteiger partial charge is 0.472 e. The lowest BCUT2D eigenvalue weighted by atomic mass is 9.99. The van der Waals surface area contributed by atoms with Gasteiger partial charge in [-0.3, -0.25) is 37.3 Å². The van der Waals surface area contributed by atoms with Crippen molar-refractivity contribution in [3.63, 3.8) is 0 Å². The molecule has 0 rings (SSSR count). The van der Waals surface area contributed by atoms with Gasteiger partial charge < -0.3 is 33.8 Å². The molecule has 0 saturated heterocycles. The van der Waals surface area contributed by atoms with E-state index in [1.165, 1.54) is 161 Å². The van der Waals surface area contributed by atoms with Gasteiger partial charge in [0, 0.05) is 25.7 Å². The molecule has 0 spiro atoms. The van der Waals surface area contributed by atoms with E-state index in [0.717, 1.165) is 115 Å². The standard InChI is InChI=1S/C70H136O17P2/c1-7-10-12-14-16-17-29-36-42-48-54-69(74)86-65(58-80-67(72)52-46-40-32-15-13-11-8-2)60-84-88(76,77)82-56-64(71)57-83-89(78,79)85-61-66(59-81-68(73)53-47-41-35-30-26-22-23-27-33-38-44-50-62(4)5)87-70(75)55-49-43-37-31-25-21-19-18-20-24-28-34-39-45-51-63(6)9-3/h62-66,71H,7-61H2,1-6H3,(H,76,77)(H,78,79)/t63?,64-,65+,66+/m0/s1. The molecule has 89 heavy (non-hydrogen) atoms. The fourth-order valence-corrected chi connectivity index (χ4v) is 12.1. The molecule has 0 aliphatic rings. The number of carbonyl (C=O) groups excluding carboxylic acids is 4. The average Bonchev–Trinajstić information content (AvgIpc) is 3.72. The zero-order chi connectivity index (χ0) is 65.7. The summed E-state index contributed by atoms with van der Waals surface area (Å²) >= 11 is 0. The number of hydrogen-bond acceptors (Lipinski definition) is 15. The Bertz CT molecular complexity index is 1740. The van der Waals surface area contributed by atoms with Crippen LogP contribution in [-0.4, -0.2) is 96.7 Å². The van der Waals surface area contributed by atoms with Crippen molar-refractivity contribution in [2.24, 2.45) is 11.8 Å². The fraction of sp³-hybridized carbons (Fsp3) is 0.943. The third-order valence-electron chi connectivity index (χ3n) is 16.6. The van der Waals surface area contributed by atoms with Gasteiger partial charge in [-0.25, -0.2) is 9.13 Å². The normalized spacial score (nSPS) is 14.4. The van der Waals surface area contributed by atoms with Crippen molar-refractivity contribution >= 4 is 39.5 Å². The van der Waals surface area contributed by atoms with Gasteiger partial charge in [-0.05, 0) is 37.5 Å². The third-order valence-corrected chi connectivity index (χ3v) is 18.5. The number of ether oxygens (including phenoxy) is 4. The number of phosphoric ester groups is 2. The van der Waals surface area contributed by atoms with Crippen LogP contribution in [0.5, 0.6) is 0 Å². The summed E-state index contributed by atoms with van der Waals surface area (Å²) in [5.41, 5.74) is 0. The molecule has 0 radical (unpaired) electrons. The highest BCUT2D eigenvalue weighted by Crippen LogP contribution is 2.45. The molecule has 6 atom stereocenters. The van der Waals surface area contributed by atoms with Crippen LogP contribution in [0.4, 0.5) is 0 Å². The molecule has 528 valence electrons. The maximum atomic E-state index is 13.0. The van der Waals surface area contributed by atoms with Gasteiger partial charge in [0.15, 0.2) is 12.2 Å². The Labute approximate surface area is 543 Å². The third kappa shape index (κ3) is 63.2. The van der Waals surface area contributed by atoms with Gasteiger partial charge in [-0.1, -0.05) is 305 Å². The minimum absolute atomic E-state index is 0.106. The lowest BCUT2D eigenvalue weighted by molar-refractivity contribution is -0.161. The molecule has 3 unspecified atom stereocenters. The second-order valence-electron chi connectivity index (χ2n) is 26.0. The highest BCUT2D eigenvalue weighted by atomic mass is 31.2. The quantitative estimate of drug-likeness (QED) is 0.0222. The number of esters is 4. The van der Waals surface area contributed by atoms with E-state index in [4.69, 9.17) is 37.0 Å². The zero-order valence-corrected chi connectivity index (χ0v) is 59.5. The summed E-state index contributed by atoms with van der Waals surface area (Å²) in [6.45, 7) is 9.56. The van der Waals surface area contributed by atoms with Crippen molar-refractivity contribution in [3.8, 4) is 0 Å². The van der Waals surface area contributed by atoms with E-state index >= 15 is 0 Å². The van der Waals surface area contributed by atoms with E-state index in [-0.39, 0.29) is 25.7 Å². The van der Waals surface area contributed by atoms with Crippen LogP contribution in [0, 0.1) is 11.8 Å². The number of carbonyl (C=O) groups is 4. The molecule has 0 saturated carbocycles. The van der Waals surface area contributed by atoms with Gasteiger partial charge >= 0.3 is 39.5 Å². The predicted octanol–water partition coefficient (Wildman–Crippen LogP) is 20.0. The van der Waals surface area contributed by atoms with Crippen LogP contribution in [0.3, 0.4) is 0 Å². The Kier molecular flexibility index (Phi) is 60.8. The van der Waals surface area contributed by atoms with E-state index in [0.29, 0.717) is 25.7 Å². The molecule has 0 aromatic rings. The lowest BCUT2D eigenvalue weighted by Gasteiger charge is -2.21. The molecule has 0 heterocycles. The van der Waals surface area contributed by atoms with Crippen LogP contribution in [0.1, 0.15) is 356 Å². The van der Waals surface area contributed by atoms with Crippen molar-refractivity contribution in [2.45, 2.75) is 374 Å². The Morgan fingerprint density at radius 1 is 0.326 bits per heavy atom. The molecule has 0 aromatic carbocycles. The Morgan fingerprint density at radius 2 is 0.573 bits per heavy atom. The topological polar surface area (TPSA) is 237 Å². The molecule has 0 fully saturated rings. The van der Waals surface area contributed by atoms with E-state index in [1.54, 1.807) is 0 Å². The minimum atomic E-state index is -4.95. The molecule has 0 aliphatic heterocycles. The molecule has 0 aromatic heterocycles. The number of aliphatic hydroxyl groups excluding tert-OH is 1. The maximum Gasteiger partial charge on any atom is 0.472 e. The second kappa shape index (κ2) is 62.2. The molecule has 0 amide bonds. The summed E-state index contributed by atoms with van der Waals surface area (Å²) < 4.78 is 68.2. The summed E-state index contributed by atoms with van der Waals surface area (Å²) in [5, 5.41) is 10.6. The summed E-state index contributed by atoms with van der Waals surface area (Å²) in [6.07, 6.45) is 47.2. The molecule has 0 bridgehead atoms. The zero-order valence-electron chi connectivity index (χ0n) is 57.7. The summed E-state index contributed by atoms with van der Waals surface area (Å²) in [4.78, 5) is 72.4. The number of unbranched alkanes of at least 4 members (excludes halogenated alkanes) is 38. The van der Waals surface area contributed by atoms with Gasteiger partial charge in [0.05, 0.1) is 26.4 Å². The monoisotopic (exact) mass is 1310 g/mol. The van der Waals surface area contributed by atoms with Crippen molar-refractivity contribution in [3.05, 3.63) is 0 Å². The first-order chi connectivity index (χ1) is 42.9. The van der Waals surface area contributed by atoms with Crippen LogP contribution < -0.4 is 0 Å². The van der Waals surface area contributed by atoms with Crippen LogP contribution in [0.2, 0.25) is 0 Å². The van der Waals surface area contributed by atoms with Crippen molar-refractivity contribution in [2.75, 3.05) is 39.6 Å². The molecule has 0 aliphatic carbocycles. The van der Waals surface area contributed by atoms with Crippen LogP contribution in [-0.2, 0) is 65.4 Å². The van der Waals surface area contributed by atoms with Crippen LogP contribution in [0.25, 0.3) is 0 Å². The van der Waals surface area contributed by atoms with Crippen molar-refractivity contribution in [1.29, 1.82) is 0 Å². The van der Waals surface area contributed by atoms with Crippen molar-refractivity contribution in [1.82, 2.24) is 0 Å². The highest BCUT2D eigenvalue weighted by Gasteiger charge is 2.30. The highest BCUT2D eigenvalue weighted by molar-refractivity contribution is 7.47. The van der Waals surface area contributed by atoms with Gasteiger partial charge in [0.2, 0.25) is 0 Å². The van der Waals surface area contributed by atoms with Crippen molar-refractivity contribution < 1.29 is 80.2 Å². The number of aliphatic hydroxyl groups is 1. The minimum Gasteiger partial charge on any atom is -0.462 e. The molecule has 17 nitrogen and oxygen atoms in total. The summed E-state index contributed by atoms with van der Waals surface area (Å²) in [7, 11) is -9.89. The van der Waals surface area contributed by atoms with Gasteiger partial charge in [0.1, 0.15) is 19.3 Å². The smallest absolute Gasteiger partial charge is 0.462 e. The van der Waals surface area contributed by atoms with E-state index < -0.39 is 97.5 Å². The number of hydrogen-bond donors (Lipinski definition) is 3. The predicted molar refractivity (Wildman–Crippen MR) is 358 cm³/mol. The molecule has 3 N–H and O–H groups in total. The number of rotatable bonds is 69. The molecular formula is C70H136O17P2. The number of phosphoric acid groups is 2.